The fourth-order valence-electron chi connectivity index (χ4n) is 3.76. The Morgan fingerprint density at radius 1 is 1.00 bits per heavy atom. The second-order valence-electron chi connectivity index (χ2n) is 8.81. The minimum absolute atomic E-state index is 0.195. The molecule has 1 unspecified atom stereocenters. The molecular weight excluding hydrogens is 464 g/mol. The zero-order valence-electron chi connectivity index (χ0n) is 21.6. The van der Waals surface area contributed by atoms with E-state index in [4.69, 9.17) is 0 Å². The summed E-state index contributed by atoms with van der Waals surface area (Å²) in [5.41, 5.74) is 2.91. The molecule has 0 bridgehead atoms. The van der Waals surface area contributed by atoms with Gasteiger partial charge in [-0.05, 0) is 49.4 Å². The number of carbonyl (C=O) groups excluding carboxylic acids is 2. The second kappa shape index (κ2) is 12.7. The molecule has 0 aliphatic rings. The molecule has 192 valence electrons. The first-order valence-electron chi connectivity index (χ1n) is 11.9. The third-order valence-electron chi connectivity index (χ3n) is 5.78. The van der Waals surface area contributed by atoms with Gasteiger partial charge in [-0.2, -0.15) is 12.7 Å². The molecule has 35 heavy (non-hydrogen) atoms. The Morgan fingerprint density at radius 3 is 2.23 bits per heavy atom. The Bertz CT molecular complexity index is 1100. The molecule has 0 radical (unpaired) electrons. The molecular formula is C26H38N4O4S. The molecule has 0 heterocycles. The highest BCUT2D eigenvalue weighted by atomic mass is 32.2. The van der Waals surface area contributed by atoms with Crippen LogP contribution >= 0.6 is 0 Å². The quantitative estimate of drug-likeness (QED) is 0.482. The number of aryl methyl sites for hydroxylation is 2. The van der Waals surface area contributed by atoms with Crippen molar-refractivity contribution in [3.8, 4) is 0 Å². The van der Waals surface area contributed by atoms with Crippen LogP contribution in [0.1, 0.15) is 43.4 Å². The minimum atomic E-state index is -3.98. The molecule has 0 spiro atoms. The second-order valence-corrected chi connectivity index (χ2v) is 10.9. The summed E-state index contributed by atoms with van der Waals surface area (Å²) in [7, 11) is -1.11. The Balaban J connectivity index is 2.51. The number of carbonyl (C=O) groups is 2. The van der Waals surface area contributed by atoms with Crippen molar-refractivity contribution < 1.29 is 18.0 Å². The molecule has 0 saturated carbocycles. The van der Waals surface area contributed by atoms with Crippen molar-refractivity contribution in [2.24, 2.45) is 0 Å². The highest BCUT2D eigenvalue weighted by Gasteiger charge is 2.34. The first-order chi connectivity index (χ1) is 16.5. The lowest BCUT2D eigenvalue weighted by atomic mass is 10.1. The van der Waals surface area contributed by atoms with Crippen molar-refractivity contribution in [1.29, 1.82) is 0 Å². The lowest BCUT2D eigenvalue weighted by molar-refractivity contribution is -0.140. The topological polar surface area (TPSA) is 90.0 Å². The maximum atomic E-state index is 13.8. The predicted molar refractivity (Wildman–Crippen MR) is 140 cm³/mol. The maximum Gasteiger partial charge on any atom is 0.304 e. The van der Waals surface area contributed by atoms with Crippen LogP contribution in [0, 0.1) is 13.8 Å². The van der Waals surface area contributed by atoms with Crippen LogP contribution in [0.5, 0.6) is 0 Å². The number of hydrogen-bond donors (Lipinski definition) is 1. The van der Waals surface area contributed by atoms with E-state index in [1.165, 1.54) is 19.0 Å². The molecule has 9 heteroatoms. The fourth-order valence-corrected chi connectivity index (χ4v) is 4.87. The predicted octanol–water partition coefficient (Wildman–Crippen LogP) is 3.25. The van der Waals surface area contributed by atoms with Gasteiger partial charge in [0.25, 0.3) is 0 Å². The maximum absolute atomic E-state index is 13.8. The Kier molecular flexibility index (Phi) is 10.3. The number of anilines is 1. The van der Waals surface area contributed by atoms with E-state index < -0.39 is 28.7 Å². The summed E-state index contributed by atoms with van der Waals surface area (Å²) in [6, 6.07) is 14.2. The van der Waals surface area contributed by atoms with Gasteiger partial charge in [0.15, 0.2) is 0 Å². The van der Waals surface area contributed by atoms with Gasteiger partial charge in [-0.25, -0.2) is 4.31 Å². The molecule has 1 N–H and O–H groups in total. The number of benzene rings is 2. The number of nitrogens with zero attached hydrogens (tertiary/aromatic N) is 3. The number of hydrogen-bond acceptors (Lipinski definition) is 4. The average molecular weight is 503 g/mol. The van der Waals surface area contributed by atoms with Crippen LogP contribution in [0.2, 0.25) is 0 Å². The van der Waals surface area contributed by atoms with Gasteiger partial charge >= 0.3 is 10.2 Å². The summed E-state index contributed by atoms with van der Waals surface area (Å²) in [5, 5.41) is 2.88. The van der Waals surface area contributed by atoms with Gasteiger partial charge in [0.1, 0.15) is 12.6 Å². The Hall–Kier alpha value is -2.91. The van der Waals surface area contributed by atoms with Crippen LogP contribution in [0.3, 0.4) is 0 Å². The van der Waals surface area contributed by atoms with Crippen molar-refractivity contribution >= 4 is 27.7 Å². The van der Waals surface area contributed by atoms with E-state index >= 15 is 0 Å². The number of amides is 2. The summed E-state index contributed by atoms with van der Waals surface area (Å²) in [4.78, 5) is 28.3. The van der Waals surface area contributed by atoms with Crippen LogP contribution < -0.4 is 9.62 Å². The molecule has 2 aromatic rings. The van der Waals surface area contributed by atoms with Crippen molar-refractivity contribution in [3.63, 3.8) is 0 Å². The molecule has 0 aromatic heterocycles. The first-order valence-corrected chi connectivity index (χ1v) is 13.3. The summed E-state index contributed by atoms with van der Waals surface area (Å²) in [6.07, 6.45) is 1.17. The largest absolute Gasteiger partial charge is 0.354 e. The lowest BCUT2D eigenvalue weighted by Gasteiger charge is -2.34. The van der Waals surface area contributed by atoms with Gasteiger partial charge in [-0.3, -0.25) is 9.59 Å². The molecule has 0 saturated heterocycles. The van der Waals surface area contributed by atoms with Crippen LogP contribution in [-0.4, -0.2) is 62.7 Å². The highest BCUT2D eigenvalue weighted by molar-refractivity contribution is 7.90. The van der Waals surface area contributed by atoms with Gasteiger partial charge in [0, 0.05) is 27.2 Å². The van der Waals surface area contributed by atoms with Crippen LogP contribution in [0.25, 0.3) is 0 Å². The van der Waals surface area contributed by atoms with Crippen LogP contribution in [0.4, 0.5) is 5.69 Å². The monoisotopic (exact) mass is 502 g/mol. The molecule has 0 fully saturated rings. The standard InChI is InChI=1S/C26H38N4O4S/c1-7-16-27-26(32)23(8-2)29(18-22-12-10-9-11-13-22)25(31)19-30(35(33,34)28(5)6)24-17-20(3)14-15-21(24)4/h9-15,17,23H,7-8,16,18-19H2,1-6H3,(H,27,32). The van der Waals surface area contributed by atoms with Crippen molar-refractivity contribution in [3.05, 3.63) is 65.2 Å². The normalized spacial score (nSPS) is 12.3. The van der Waals surface area contributed by atoms with E-state index in [9.17, 15) is 18.0 Å². The molecule has 2 amide bonds. The van der Waals surface area contributed by atoms with Crippen LogP contribution in [0.15, 0.2) is 48.5 Å². The third kappa shape index (κ3) is 7.29. The van der Waals surface area contributed by atoms with E-state index in [1.54, 1.807) is 6.07 Å². The summed E-state index contributed by atoms with van der Waals surface area (Å²) < 4.78 is 28.9. The summed E-state index contributed by atoms with van der Waals surface area (Å²) in [5.74, 6) is -0.689. The van der Waals surface area contributed by atoms with Crippen molar-refractivity contribution in [2.75, 3.05) is 31.5 Å². The molecule has 0 aliphatic heterocycles. The lowest BCUT2D eigenvalue weighted by Crippen LogP contribution is -2.53. The third-order valence-corrected chi connectivity index (χ3v) is 7.59. The van der Waals surface area contributed by atoms with Gasteiger partial charge in [0.2, 0.25) is 11.8 Å². The SMILES string of the molecule is CCCNC(=O)C(CC)N(Cc1ccccc1)C(=O)CN(c1cc(C)ccc1C)S(=O)(=O)N(C)C. The van der Waals surface area contributed by atoms with E-state index in [0.29, 0.717) is 18.7 Å². The van der Waals surface area contributed by atoms with Crippen molar-refractivity contribution in [2.45, 2.75) is 53.1 Å². The number of rotatable bonds is 12. The van der Waals surface area contributed by atoms with Crippen molar-refractivity contribution in [1.82, 2.24) is 14.5 Å². The number of nitrogens with one attached hydrogen (secondary N) is 1. The zero-order valence-corrected chi connectivity index (χ0v) is 22.4. The molecule has 8 nitrogen and oxygen atoms in total. The zero-order chi connectivity index (χ0) is 26.2. The first kappa shape index (κ1) is 28.3. The van der Waals surface area contributed by atoms with E-state index in [-0.39, 0.29) is 12.5 Å². The van der Waals surface area contributed by atoms with Gasteiger partial charge < -0.3 is 10.2 Å². The molecule has 1 atom stereocenters. The minimum Gasteiger partial charge on any atom is -0.354 e. The molecule has 0 aliphatic carbocycles. The molecule has 2 aromatic carbocycles. The summed E-state index contributed by atoms with van der Waals surface area (Å²) in [6.45, 7) is 7.77. The smallest absolute Gasteiger partial charge is 0.304 e. The van der Waals surface area contributed by atoms with E-state index in [2.05, 4.69) is 5.32 Å². The van der Waals surface area contributed by atoms with Gasteiger partial charge in [-0.1, -0.05) is 56.3 Å². The fraction of sp³-hybridized carbons (Fsp3) is 0.462. The van der Waals surface area contributed by atoms with E-state index in [0.717, 1.165) is 31.7 Å². The molecule has 2 rings (SSSR count). The van der Waals surface area contributed by atoms with E-state index in [1.807, 2.05) is 70.2 Å². The Morgan fingerprint density at radius 2 is 1.66 bits per heavy atom. The average Bonchev–Trinajstić information content (AvgIpc) is 2.83. The van der Waals surface area contributed by atoms with Gasteiger partial charge in [0.05, 0.1) is 5.69 Å². The summed E-state index contributed by atoms with van der Waals surface area (Å²) >= 11 is 0. The highest BCUT2D eigenvalue weighted by Crippen LogP contribution is 2.26. The Labute approximate surface area is 210 Å². The van der Waals surface area contributed by atoms with Gasteiger partial charge in [-0.15, -0.1) is 0 Å². The van der Waals surface area contributed by atoms with Crippen LogP contribution in [-0.2, 0) is 26.3 Å².